The first-order valence-corrected chi connectivity index (χ1v) is 11.1. The smallest absolute Gasteiger partial charge is 0.407 e. The molecule has 9 heteroatoms. The van der Waals surface area contributed by atoms with Crippen LogP contribution in [0.15, 0.2) is 28.7 Å². The predicted octanol–water partition coefficient (Wildman–Crippen LogP) is 2.94. The van der Waals surface area contributed by atoms with Crippen LogP contribution in [0.4, 0.5) is 4.79 Å². The topological polar surface area (TPSA) is 102 Å². The number of piperidine rings is 1. The summed E-state index contributed by atoms with van der Waals surface area (Å²) < 4.78 is 10.8. The molecule has 3 rings (SSSR count). The van der Waals surface area contributed by atoms with Crippen molar-refractivity contribution in [2.75, 3.05) is 13.7 Å². The van der Waals surface area contributed by atoms with Crippen LogP contribution in [0, 0.1) is 11.8 Å². The second-order valence-electron chi connectivity index (χ2n) is 8.31. The number of methoxy groups -OCH3 is 1. The van der Waals surface area contributed by atoms with Crippen LogP contribution in [-0.2, 0) is 19.1 Å². The van der Waals surface area contributed by atoms with Crippen LogP contribution >= 0.6 is 15.9 Å². The lowest BCUT2D eigenvalue weighted by Crippen LogP contribution is -2.58. The quantitative estimate of drug-likeness (QED) is 0.461. The summed E-state index contributed by atoms with van der Waals surface area (Å²) in [5.41, 5.74) is 0.444. The highest BCUT2D eigenvalue weighted by atomic mass is 79.9. The number of likely N-dealkylation sites (tertiary alicyclic amines) is 1. The monoisotopic (exact) mass is 494 g/mol. The van der Waals surface area contributed by atoms with Crippen LogP contribution in [-0.4, -0.2) is 60.5 Å². The Kier molecular flexibility index (Phi) is 7.35. The van der Waals surface area contributed by atoms with Crippen LogP contribution < -0.4 is 5.32 Å². The number of amides is 2. The maximum absolute atomic E-state index is 13.3. The van der Waals surface area contributed by atoms with Gasteiger partial charge in [-0.15, -0.1) is 0 Å². The molecule has 2 aliphatic rings. The van der Waals surface area contributed by atoms with Crippen LogP contribution in [0.5, 0.6) is 0 Å². The molecule has 1 aromatic carbocycles. The Balaban J connectivity index is 1.70. The van der Waals surface area contributed by atoms with Gasteiger partial charge >= 0.3 is 12.1 Å². The predicted molar refractivity (Wildman–Crippen MR) is 115 cm³/mol. The molecule has 0 spiro atoms. The van der Waals surface area contributed by atoms with Gasteiger partial charge in [0.15, 0.2) is 12.4 Å². The molecule has 168 valence electrons. The zero-order valence-electron chi connectivity index (χ0n) is 17.8. The molecule has 1 aliphatic carbocycles. The molecule has 0 aromatic heterocycles. The molecule has 1 saturated heterocycles. The van der Waals surface area contributed by atoms with E-state index in [4.69, 9.17) is 4.74 Å². The lowest BCUT2D eigenvalue weighted by Gasteiger charge is -2.37. The average molecular weight is 495 g/mol. The molecule has 1 aliphatic heterocycles. The third-order valence-electron chi connectivity index (χ3n) is 5.98. The van der Waals surface area contributed by atoms with E-state index < -0.39 is 24.1 Å². The number of nitrogens with one attached hydrogen (secondary N) is 1. The molecule has 2 bridgehead atoms. The normalized spacial score (nSPS) is 22.9. The van der Waals surface area contributed by atoms with Gasteiger partial charge in [-0.2, -0.15) is 0 Å². The number of ketones is 1. The number of hydrogen-bond donors (Lipinski definition) is 1. The van der Waals surface area contributed by atoms with Crippen molar-refractivity contribution in [2.24, 2.45) is 11.8 Å². The minimum atomic E-state index is -0.813. The largest absolute Gasteiger partial charge is 0.456 e. The fraction of sp³-hybridized carbons (Fsp3) is 0.545. The van der Waals surface area contributed by atoms with Gasteiger partial charge in [0, 0.05) is 16.1 Å². The molecule has 1 saturated carbocycles. The molecule has 1 heterocycles. The van der Waals surface area contributed by atoms with Crippen molar-refractivity contribution < 1.29 is 28.7 Å². The lowest BCUT2D eigenvalue weighted by molar-refractivity contribution is -0.157. The van der Waals surface area contributed by atoms with Crippen molar-refractivity contribution in [3.05, 3.63) is 34.3 Å². The van der Waals surface area contributed by atoms with E-state index in [0.29, 0.717) is 5.56 Å². The molecule has 2 amide bonds. The number of ether oxygens (including phenoxy) is 2. The maximum atomic E-state index is 13.3. The van der Waals surface area contributed by atoms with E-state index in [2.05, 4.69) is 26.0 Å². The van der Waals surface area contributed by atoms with Crippen LogP contribution in [0.25, 0.3) is 0 Å². The molecular weight excluding hydrogens is 468 g/mol. The number of fused-ring (bicyclic) bond motifs is 2. The Morgan fingerprint density at radius 3 is 2.45 bits per heavy atom. The minimum Gasteiger partial charge on any atom is -0.456 e. The summed E-state index contributed by atoms with van der Waals surface area (Å²) in [4.78, 5) is 51.9. The van der Waals surface area contributed by atoms with Gasteiger partial charge in [-0.1, -0.05) is 41.9 Å². The van der Waals surface area contributed by atoms with E-state index >= 15 is 0 Å². The first-order chi connectivity index (χ1) is 14.7. The Morgan fingerprint density at radius 1 is 1.16 bits per heavy atom. The van der Waals surface area contributed by atoms with Crippen molar-refractivity contribution in [1.29, 1.82) is 0 Å². The van der Waals surface area contributed by atoms with E-state index in [9.17, 15) is 19.2 Å². The van der Waals surface area contributed by atoms with E-state index in [1.165, 1.54) is 7.11 Å². The van der Waals surface area contributed by atoms with Gasteiger partial charge in [-0.3, -0.25) is 9.59 Å². The van der Waals surface area contributed by atoms with Crippen LogP contribution in [0.1, 0.15) is 43.5 Å². The highest BCUT2D eigenvalue weighted by Crippen LogP contribution is 2.43. The third kappa shape index (κ3) is 5.08. The summed E-state index contributed by atoms with van der Waals surface area (Å²) in [5, 5.41) is 2.58. The minimum absolute atomic E-state index is 0.00447. The highest BCUT2D eigenvalue weighted by Gasteiger charge is 2.53. The zero-order chi connectivity index (χ0) is 22.7. The van der Waals surface area contributed by atoms with Crippen molar-refractivity contribution in [2.45, 2.75) is 51.2 Å². The summed E-state index contributed by atoms with van der Waals surface area (Å²) in [6, 6.07) is 5.16. The Labute approximate surface area is 189 Å². The number of benzene rings is 1. The van der Waals surface area contributed by atoms with E-state index in [0.717, 1.165) is 23.7 Å². The standard InChI is InChI=1S/C22H27BrN2O6/c1-12(2)18(24-22(29)30-3)20(27)25-16-9-6-14(10-16)19(25)21(28)31-11-17(26)13-4-7-15(23)8-5-13/h4-5,7-8,12,14,16,18-19H,6,9-11H2,1-3H3,(H,24,29)/t14?,16?,18-,19-/m0/s1. The molecule has 4 atom stereocenters. The van der Waals surface area contributed by atoms with E-state index in [1.54, 1.807) is 29.2 Å². The fourth-order valence-electron chi connectivity index (χ4n) is 4.41. The van der Waals surface area contributed by atoms with Crippen molar-refractivity contribution in [1.82, 2.24) is 10.2 Å². The Bertz CT molecular complexity index is 856. The van der Waals surface area contributed by atoms with E-state index in [1.807, 2.05) is 13.8 Å². The number of nitrogens with zero attached hydrogens (tertiary/aromatic N) is 1. The number of halogens is 1. The maximum Gasteiger partial charge on any atom is 0.407 e. The average Bonchev–Trinajstić information content (AvgIpc) is 3.37. The second kappa shape index (κ2) is 9.80. The number of esters is 1. The summed E-state index contributed by atoms with van der Waals surface area (Å²) in [5.74, 6) is -1.41. The summed E-state index contributed by atoms with van der Waals surface area (Å²) >= 11 is 3.31. The second-order valence-corrected chi connectivity index (χ2v) is 9.23. The van der Waals surface area contributed by atoms with Crippen LogP contribution in [0.2, 0.25) is 0 Å². The third-order valence-corrected chi connectivity index (χ3v) is 6.51. The molecule has 1 aromatic rings. The first kappa shape index (κ1) is 23.2. The number of Topliss-reactive ketones (excluding diaryl/α,β-unsaturated/α-hetero) is 1. The molecular formula is C22H27BrN2O6. The number of alkyl carbamates (subject to hydrolysis) is 1. The van der Waals surface area contributed by atoms with Crippen molar-refractivity contribution in [3.8, 4) is 0 Å². The summed E-state index contributed by atoms with van der Waals surface area (Å²) in [6.45, 7) is 3.25. The van der Waals surface area contributed by atoms with Gasteiger partial charge < -0.3 is 19.7 Å². The van der Waals surface area contributed by atoms with Gasteiger partial charge in [-0.25, -0.2) is 9.59 Å². The number of carbonyl (C=O) groups excluding carboxylic acids is 4. The van der Waals surface area contributed by atoms with Crippen molar-refractivity contribution >= 4 is 39.7 Å². The molecule has 2 fully saturated rings. The summed E-state index contributed by atoms with van der Waals surface area (Å²) in [7, 11) is 1.23. The molecule has 1 N–H and O–H groups in total. The van der Waals surface area contributed by atoms with Gasteiger partial charge in [0.25, 0.3) is 0 Å². The van der Waals surface area contributed by atoms with Gasteiger partial charge in [0.2, 0.25) is 5.91 Å². The zero-order valence-corrected chi connectivity index (χ0v) is 19.4. The fourth-order valence-corrected chi connectivity index (χ4v) is 4.67. The molecule has 0 radical (unpaired) electrons. The van der Waals surface area contributed by atoms with Crippen molar-refractivity contribution in [3.63, 3.8) is 0 Å². The molecule has 31 heavy (non-hydrogen) atoms. The van der Waals surface area contributed by atoms with E-state index in [-0.39, 0.29) is 36.2 Å². The Morgan fingerprint density at radius 2 is 1.84 bits per heavy atom. The van der Waals surface area contributed by atoms with Crippen LogP contribution in [0.3, 0.4) is 0 Å². The lowest BCUT2D eigenvalue weighted by atomic mass is 9.96. The van der Waals surface area contributed by atoms with Gasteiger partial charge in [0.1, 0.15) is 12.1 Å². The molecule has 2 unspecified atom stereocenters. The summed E-state index contributed by atoms with van der Waals surface area (Å²) in [6.07, 6.45) is 1.65. The highest BCUT2D eigenvalue weighted by molar-refractivity contribution is 9.10. The molecule has 8 nitrogen and oxygen atoms in total. The van der Waals surface area contributed by atoms with Gasteiger partial charge in [0.05, 0.1) is 7.11 Å². The first-order valence-electron chi connectivity index (χ1n) is 10.3. The number of rotatable bonds is 7. The Hall–Kier alpha value is -2.42. The SMILES string of the molecule is COC(=O)N[C@H](C(=O)N1C2CCC(C2)[C@H]1C(=O)OCC(=O)c1ccc(Br)cc1)C(C)C. The van der Waals surface area contributed by atoms with Gasteiger partial charge in [-0.05, 0) is 43.2 Å². The number of hydrogen-bond acceptors (Lipinski definition) is 6. The number of carbonyl (C=O) groups is 4.